The lowest BCUT2D eigenvalue weighted by molar-refractivity contribution is -0.140. The highest BCUT2D eigenvalue weighted by Gasteiger charge is 2.35. The molecule has 1 heterocycles. The number of nitrogens with zero attached hydrogens (tertiary/aromatic N) is 1. The summed E-state index contributed by atoms with van der Waals surface area (Å²) in [5.74, 6) is 0. The molecule has 18 heavy (non-hydrogen) atoms. The smallest absolute Gasteiger partial charge is 0.247 e. The van der Waals surface area contributed by atoms with Crippen molar-refractivity contribution in [2.75, 3.05) is 0 Å². The highest BCUT2D eigenvalue weighted by atomic mass is 79.9. The van der Waals surface area contributed by atoms with Crippen molar-refractivity contribution < 1.29 is 13.2 Å². The van der Waals surface area contributed by atoms with Gasteiger partial charge in [0.1, 0.15) is 0 Å². The monoisotopic (exact) mass is 315 g/mol. The number of alkyl halides is 4. The fraction of sp³-hybridized carbons (Fsp3) is 0.154. The van der Waals surface area contributed by atoms with E-state index in [1.807, 2.05) is 0 Å². The topological polar surface area (TPSA) is 12.9 Å². The van der Waals surface area contributed by atoms with E-state index < -0.39 is 11.9 Å². The van der Waals surface area contributed by atoms with Gasteiger partial charge in [-0.15, -0.1) is 0 Å². The van der Waals surface area contributed by atoms with Crippen molar-refractivity contribution in [3.8, 4) is 11.1 Å². The highest BCUT2D eigenvalue weighted by molar-refractivity contribution is 9.08. The molecular formula is C13H9BrF3N. The van der Waals surface area contributed by atoms with Crippen molar-refractivity contribution >= 4 is 15.9 Å². The zero-order valence-electron chi connectivity index (χ0n) is 9.21. The molecule has 0 fully saturated rings. The summed E-state index contributed by atoms with van der Waals surface area (Å²) in [6.07, 6.45) is -4.46. The maximum atomic E-state index is 13.0. The Hall–Kier alpha value is -1.36. The molecule has 0 unspecified atom stereocenters. The summed E-state index contributed by atoms with van der Waals surface area (Å²) >= 11 is 3.11. The number of aromatic nitrogens is 1. The molecule has 0 amide bonds. The first-order chi connectivity index (χ1) is 8.52. The predicted molar refractivity (Wildman–Crippen MR) is 67.3 cm³/mol. The summed E-state index contributed by atoms with van der Waals surface area (Å²) in [7, 11) is 0. The van der Waals surface area contributed by atoms with Crippen LogP contribution in [0, 0.1) is 0 Å². The van der Waals surface area contributed by atoms with Gasteiger partial charge in [0, 0.05) is 10.9 Å². The Morgan fingerprint density at radius 1 is 1.00 bits per heavy atom. The van der Waals surface area contributed by atoms with Gasteiger partial charge < -0.3 is 0 Å². The van der Waals surface area contributed by atoms with Gasteiger partial charge in [0.05, 0.1) is 5.69 Å². The number of pyridine rings is 1. The Morgan fingerprint density at radius 2 is 1.67 bits per heavy atom. The minimum absolute atomic E-state index is 0.104. The van der Waals surface area contributed by atoms with Gasteiger partial charge in [-0.05, 0) is 11.6 Å². The van der Waals surface area contributed by atoms with Crippen molar-refractivity contribution in [1.29, 1.82) is 0 Å². The van der Waals surface area contributed by atoms with Crippen molar-refractivity contribution in [1.82, 2.24) is 4.98 Å². The minimum atomic E-state index is -4.46. The second kappa shape index (κ2) is 5.10. The van der Waals surface area contributed by atoms with Crippen LogP contribution in [0.3, 0.4) is 0 Å². The Bertz CT molecular complexity index is 538. The molecule has 0 saturated carbocycles. The van der Waals surface area contributed by atoms with Gasteiger partial charge in [0.25, 0.3) is 0 Å². The molecule has 0 bridgehead atoms. The molecule has 0 saturated heterocycles. The second-order valence-corrected chi connectivity index (χ2v) is 4.26. The fourth-order valence-electron chi connectivity index (χ4n) is 1.64. The molecule has 1 aromatic heterocycles. The highest BCUT2D eigenvalue weighted by Crippen LogP contribution is 2.35. The van der Waals surface area contributed by atoms with Gasteiger partial charge in [-0.2, -0.15) is 13.2 Å². The van der Waals surface area contributed by atoms with Crippen LogP contribution in [0.1, 0.15) is 11.4 Å². The Kier molecular flexibility index (Phi) is 3.71. The molecule has 1 nitrogen and oxygen atoms in total. The fourth-order valence-corrected chi connectivity index (χ4v) is 1.95. The predicted octanol–water partition coefficient (Wildman–Crippen LogP) is 4.66. The molecule has 0 atom stereocenters. The maximum absolute atomic E-state index is 13.0. The van der Waals surface area contributed by atoms with Gasteiger partial charge >= 0.3 is 6.18 Å². The standard InChI is InChI=1S/C13H9BrF3N/c14-8-10-6-7-11(9-4-2-1-3-5-9)12(18-10)13(15,16)17/h1-7H,8H2. The SMILES string of the molecule is FC(F)(F)c1nc(CBr)ccc1-c1ccccc1. The summed E-state index contributed by atoms with van der Waals surface area (Å²) in [5.41, 5.74) is 0.138. The van der Waals surface area contributed by atoms with Gasteiger partial charge in [-0.25, -0.2) is 4.98 Å². The van der Waals surface area contributed by atoms with E-state index in [0.717, 1.165) is 0 Å². The quantitative estimate of drug-likeness (QED) is 0.734. The molecular weight excluding hydrogens is 307 g/mol. The van der Waals surface area contributed by atoms with E-state index in [2.05, 4.69) is 20.9 Å². The van der Waals surface area contributed by atoms with E-state index in [-0.39, 0.29) is 5.56 Å². The van der Waals surface area contributed by atoms with Crippen LogP contribution in [0.25, 0.3) is 11.1 Å². The third-order valence-electron chi connectivity index (χ3n) is 2.44. The van der Waals surface area contributed by atoms with E-state index in [9.17, 15) is 13.2 Å². The van der Waals surface area contributed by atoms with E-state index in [1.54, 1.807) is 36.4 Å². The Labute approximate surface area is 111 Å². The minimum Gasteiger partial charge on any atom is -0.247 e. The number of hydrogen-bond donors (Lipinski definition) is 0. The Morgan fingerprint density at radius 3 is 2.22 bits per heavy atom. The van der Waals surface area contributed by atoms with Gasteiger partial charge in [-0.3, -0.25) is 0 Å². The number of rotatable bonds is 2. The molecule has 0 aliphatic rings. The lowest BCUT2D eigenvalue weighted by Gasteiger charge is -2.13. The normalized spacial score (nSPS) is 11.6. The molecule has 2 rings (SSSR count). The van der Waals surface area contributed by atoms with E-state index in [4.69, 9.17) is 0 Å². The van der Waals surface area contributed by atoms with Crippen LogP contribution in [0.5, 0.6) is 0 Å². The van der Waals surface area contributed by atoms with Crippen molar-refractivity contribution in [2.24, 2.45) is 0 Å². The summed E-state index contributed by atoms with van der Waals surface area (Å²) in [4.78, 5) is 3.67. The van der Waals surface area contributed by atoms with Crippen molar-refractivity contribution in [2.45, 2.75) is 11.5 Å². The van der Waals surface area contributed by atoms with Gasteiger partial charge in [0.2, 0.25) is 0 Å². The zero-order chi connectivity index (χ0) is 13.2. The van der Waals surface area contributed by atoms with Gasteiger partial charge in [0.15, 0.2) is 5.69 Å². The molecule has 2 aromatic rings. The molecule has 0 aliphatic carbocycles. The summed E-state index contributed by atoms with van der Waals surface area (Å²) in [6, 6.07) is 11.5. The number of halogens is 4. The first kappa shape index (κ1) is 13.1. The maximum Gasteiger partial charge on any atom is 0.433 e. The van der Waals surface area contributed by atoms with E-state index in [1.165, 1.54) is 6.07 Å². The van der Waals surface area contributed by atoms with Crippen molar-refractivity contribution in [3.05, 3.63) is 53.9 Å². The lowest BCUT2D eigenvalue weighted by Crippen LogP contribution is -2.11. The number of benzene rings is 1. The summed E-state index contributed by atoms with van der Waals surface area (Å²) in [6.45, 7) is 0. The van der Waals surface area contributed by atoms with Gasteiger partial charge in [-0.1, -0.05) is 52.3 Å². The Balaban J connectivity index is 2.61. The molecule has 0 radical (unpaired) electrons. The average molecular weight is 316 g/mol. The van der Waals surface area contributed by atoms with Crippen LogP contribution >= 0.6 is 15.9 Å². The van der Waals surface area contributed by atoms with E-state index in [0.29, 0.717) is 16.6 Å². The summed E-state index contributed by atoms with van der Waals surface area (Å²) < 4.78 is 38.9. The first-order valence-corrected chi connectivity index (χ1v) is 6.33. The van der Waals surface area contributed by atoms with Crippen molar-refractivity contribution in [3.63, 3.8) is 0 Å². The first-order valence-electron chi connectivity index (χ1n) is 5.21. The third-order valence-corrected chi connectivity index (χ3v) is 3.02. The molecule has 94 valence electrons. The van der Waals surface area contributed by atoms with Crippen LogP contribution in [0.15, 0.2) is 42.5 Å². The van der Waals surface area contributed by atoms with Crippen LogP contribution in [0.4, 0.5) is 13.2 Å². The zero-order valence-corrected chi connectivity index (χ0v) is 10.8. The van der Waals surface area contributed by atoms with Crippen LogP contribution in [0.2, 0.25) is 0 Å². The lowest BCUT2D eigenvalue weighted by atomic mass is 10.0. The second-order valence-electron chi connectivity index (χ2n) is 3.70. The molecule has 0 spiro atoms. The largest absolute Gasteiger partial charge is 0.433 e. The average Bonchev–Trinajstić information content (AvgIpc) is 2.38. The van der Waals surface area contributed by atoms with Crippen LogP contribution in [-0.4, -0.2) is 4.98 Å². The molecule has 0 aliphatic heterocycles. The summed E-state index contributed by atoms with van der Waals surface area (Å²) in [5, 5.41) is 0.297. The number of hydrogen-bond acceptors (Lipinski definition) is 1. The molecule has 5 heteroatoms. The van der Waals surface area contributed by atoms with E-state index >= 15 is 0 Å². The molecule has 1 aromatic carbocycles. The molecule has 0 N–H and O–H groups in total. The third kappa shape index (κ3) is 2.72. The van der Waals surface area contributed by atoms with Crippen LogP contribution < -0.4 is 0 Å². The van der Waals surface area contributed by atoms with Crippen LogP contribution in [-0.2, 0) is 11.5 Å².